The van der Waals surface area contributed by atoms with Gasteiger partial charge in [-0.2, -0.15) is 5.10 Å². The van der Waals surface area contributed by atoms with Gasteiger partial charge in [-0.1, -0.05) is 18.9 Å². The van der Waals surface area contributed by atoms with Crippen molar-refractivity contribution in [3.8, 4) is 10.6 Å². The standard InChI is InChI=1S/C22H29N5OS/c1-16-20-17(22(28)23-10-8-13-27-11-5-3-4-6-12-27)15-18(19-9-7-14-29-19)24-21(20)26(2)25-16/h7,9,14-15H,3-6,8,10-13H2,1-2H3,(H,23,28). The van der Waals surface area contributed by atoms with Crippen molar-refractivity contribution in [3.63, 3.8) is 0 Å². The highest BCUT2D eigenvalue weighted by Crippen LogP contribution is 2.29. The minimum Gasteiger partial charge on any atom is -0.352 e. The van der Waals surface area contributed by atoms with Crippen LogP contribution in [0.25, 0.3) is 21.6 Å². The summed E-state index contributed by atoms with van der Waals surface area (Å²) >= 11 is 1.63. The number of hydrogen-bond donors (Lipinski definition) is 1. The van der Waals surface area contributed by atoms with Crippen molar-refractivity contribution in [2.45, 2.75) is 39.0 Å². The number of hydrogen-bond acceptors (Lipinski definition) is 5. The summed E-state index contributed by atoms with van der Waals surface area (Å²) in [6, 6.07) is 5.95. The molecule has 1 aliphatic rings. The molecule has 29 heavy (non-hydrogen) atoms. The minimum absolute atomic E-state index is 0.0397. The first-order chi connectivity index (χ1) is 14.1. The van der Waals surface area contributed by atoms with Gasteiger partial charge in [-0.25, -0.2) is 4.98 Å². The summed E-state index contributed by atoms with van der Waals surface area (Å²) in [5.41, 5.74) is 3.08. The van der Waals surface area contributed by atoms with Gasteiger partial charge in [-0.05, 0) is 63.3 Å². The summed E-state index contributed by atoms with van der Waals surface area (Å²) in [4.78, 5) is 21.4. The second-order valence-corrected chi connectivity index (χ2v) is 8.75. The third kappa shape index (κ3) is 4.51. The van der Waals surface area contributed by atoms with Gasteiger partial charge in [0.25, 0.3) is 5.91 Å². The lowest BCUT2D eigenvalue weighted by molar-refractivity contribution is 0.0953. The molecule has 0 aliphatic carbocycles. The first kappa shape index (κ1) is 20.0. The number of rotatable bonds is 6. The number of amides is 1. The van der Waals surface area contributed by atoms with Crippen LogP contribution >= 0.6 is 11.3 Å². The van der Waals surface area contributed by atoms with Crippen LogP contribution in [0.3, 0.4) is 0 Å². The van der Waals surface area contributed by atoms with Crippen LogP contribution in [0.4, 0.5) is 0 Å². The molecule has 6 nitrogen and oxygen atoms in total. The topological polar surface area (TPSA) is 63.1 Å². The summed E-state index contributed by atoms with van der Waals surface area (Å²) in [6.45, 7) is 6.06. The minimum atomic E-state index is -0.0397. The zero-order chi connectivity index (χ0) is 20.2. The maximum absolute atomic E-state index is 13.1. The Kier molecular flexibility index (Phi) is 6.25. The summed E-state index contributed by atoms with van der Waals surface area (Å²) in [6.07, 6.45) is 6.27. The number of carbonyl (C=O) groups is 1. The Hall–Kier alpha value is -2.25. The Morgan fingerprint density at radius 2 is 2.03 bits per heavy atom. The second-order valence-electron chi connectivity index (χ2n) is 7.81. The van der Waals surface area contributed by atoms with Crippen molar-refractivity contribution < 1.29 is 4.79 Å². The molecule has 0 spiro atoms. The van der Waals surface area contributed by atoms with Crippen LogP contribution in [0.15, 0.2) is 23.6 Å². The van der Waals surface area contributed by atoms with E-state index in [0.29, 0.717) is 12.1 Å². The van der Waals surface area contributed by atoms with Gasteiger partial charge in [0.1, 0.15) is 0 Å². The lowest BCUT2D eigenvalue weighted by Crippen LogP contribution is -2.30. The Labute approximate surface area is 175 Å². The Bertz CT molecular complexity index is 971. The van der Waals surface area contributed by atoms with Gasteiger partial charge in [0.05, 0.1) is 27.2 Å². The highest BCUT2D eigenvalue weighted by molar-refractivity contribution is 7.13. The van der Waals surface area contributed by atoms with Gasteiger partial charge in [0, 0.05) is 13.6 Å². The molecule has 0 radical (unpaired) electrons. The van der Waals surface area contributed by atoms with Crippen LogP contribution in [0.2, 0.25) is 0 Å². The number of aryl methyl sites for hydroxylation is 2. The number of carbonyl (C=O) groups excluding carboxylic acids is 1. The van der Waals surface area contributed by atoms with E-state index in [2.05, 4.69) is 15.3 Å². The van der Waals surface area contributed by atoms with Crippen LogP contribution in [0, 0.1) is 6.92 Å². The summed E-state index contributed by atoms with van der Waals surface area (Å²) < 4.78 is 1.76. The maximum atomic E-state index is 13.1. The summed E-state index contributed by atoms with van der Waals surface area (Å²) in [7, 11) is 1.88. The maximum Gasteiger partial charge on any atom is 0.252 e. The smallest absolute Gasteiger partial charge is 0.252 e. The number of likely N-dealkylation sites (tertiary alicyclic amines) is 1. The fourth-order valence-electron chi connectivity index (χ4n) is 4.13. The van der Waals surface area contributed by atoms with Gasteiger partial charge >= 0.3 is 0 Å². The normalized spacial score (nSPS) is 15.5. The zero-order valence-corrected chi connectivity index (χ0v) is 18.1. The first-order valence-electron chi connectivity index (χ1n) is 10.5. The molecule has 0 bridgehead atoms. The van der Waals surface area contributed by atoms with Crippen molar-refractivity contribution in [2.24, 2.45) is 7.05 Å². The Balaban J connectivity index is 1.49. The fraction of sp³-hybridized carbons (Fsp3) is 0.500. The van der Waals surface area contributed by atoms with Gasteiger partial charge in [-0.3, -0.25) is 9.48 Å². The predicted molar refractivity (Wildman–Crippen MR) is 118 cm³/mol. The molecule has 4 rings (SSSR count). The van der Waals surface area contributed by atoms with E-state index in [-0.39, 0.29) is 5.91 Å². The van der Waals surface area contributed by atoms with E-state index < -0.39 is 0 Å². The molecule has 0 atom stereocenters. The molecule has 1 fully saturated rings. The second kappa shape index (κ2) is 9.05. The molecule has 0 aromatic carbocycles. The highest BCUT2D eigenvalue weighted by Gasteiger charge is 2.19. The third-order valence-electron chi connectivity index (χ3n) is 5.62. The number of thiophene rings is 1. The molecule has 0 saturated carbocycles. The molecule has 0 unspecified atom stereocenters. The SMILES string of the molecule is Cc1nn(C)c2nc(-c3cccs3)cc(C(=O)NCCCN3CCCCCC3)c12. The lowest BCUT2D eigenvalue weighted by atomic mass is 10.1. The van der Waals surface area contributed by atoms with Crippen molar-refractivity contribution in [1.82, 2.24) is 25.0 Å². The first-order valence-corrected chi connectivity index (χ1v) is 11.4. The Morgan fingerprint density at radius 1 is 1.24 bits per heavy atom. The van der Waals surface area contributed by atoms with E-state index in [4.69, 9.17) is 4.98 Å². The van der Waals surface area contributed by atoms with Crippen molar-refractivity contribution in [2.75, 3.05) is 26.2 Å². The molecule has 3 aromatic heterocycles. The van der Waals surface area contributed by atoms with E-state index in [1.807, 2.05) is 37.6 Å². The van der Waals surface area contributed by atoms with E-state index in [9.17, 15) is 4.79 Å². The molecule has 4 heterocycles. The van der Waals surface area contributed by atoms with Gasteiger partial charge in [-0.15, -0.1) is 11.3 Å². The largest absolute Gasteiger partial charge is 0.352 e. The highest BCUT2D eigenvalue weighted by atomic mass is 32.1. The van der Waals surface area contributed by atoms with Crippen LogP contribution in [-0.4, -0.2) is 51.8 Å². The summed E-state index contributed by atoms with van der Waals surface area (Å²) in [5.74, 6) is -0.0397. The fourth-order valence-corrected chi connectivity index (χ4v) is 4.82. The number of nitrogens with one attached hydrogen (secondary N) is 1. The van der Waals surface area contributed by atoms with Crippen molar-refractivity contribution >= 4 is 28.3 Å². The average Bonchev–Trinajstić information content (AvgIpc) is 3.26. The molecule has 1 aliphatic heterocycles. The van der Waals surface area contributed by atoms with Crippen molar-refractivity contribution in [3.05, 3.63) is 34.8 Å². The van der Waals surface area contributed by atoms with Crippen molar-refractivity contribution in [1.29, 1.82) is 0 Å². The van der Waals surface area contributed by atoms with Gasteiger partial charge < -0.3 is 10.2 Å². The average molecular weight is 412 g/mol. The summed E-state index contributed by atoms with van der Waals surface area (Å²) in [5, 5.41) is 10.5. The van der Waals surface area contributed by atoms with Crippen LogP contribution in [0.5, 0.6) is 0 Å². The molecule has 1 saturated heterocycles. The number of nitrogens with zero attached hydrogens (tertiary/aromatic N) is 4. The van der Waals surface area contributed by atoms with E-state index in [1.165, 1.54) is 38.8 Å². The van der Waals surface area contributed by atoms with E-state index in [1.54, 1.807) is 16.0 Å². The molecular formula is C22H29N5OS. The Morgan fingerprint density at radius 3 is 2.76 bits per heavy atom. The van der Waals surface area contributed by atoms with Crippen LogP contribution in [-0.2, 0) is 7.05 Å². The molecule has 154 valence electrons. The number of aromatic nitrogens is 3. The molecule has 3 aromatic rings. The lowest BCUT2D eigenvalue weighted by Gasteiger charge is -2.19. The predicted octanol–water partition coefficient (Wildman–Crippen LogP) is 4.00. The number of pyridine rings is 1. The third-order valence-corrected chi connectivity index (χ3v) is 6.51. The van der Waals surface area contributed by atoms with E-state index >= 15 is 0 Å². The molecule has 7 heteroatoms. The van der Waals surface area contributed by atoms with Crippen LogP contribution < -0.4 is 5.32 Å². The van der Waals surface area contributed by atoms with E-state index in [0.717, 1.165) is 40.3 Å². The number of fused-ring (bicyclic) bond motifs is 1. The van der Waals surface area contributed by atoms with Crippen LogP contribution in [0.1, 0.15) is 48.2 Å². The van der Waals surface area contributed by atoms with Gasteiger partial charge in [0.2, 0.25) is 0 Å². The van der Waals surface area contributed by atoms with Gasteiger partial charge in [0.15, 0.2) is 5.65 Å². The monoisotopic (exact) mass is 411 g/mol. The quantitative estimate of drug-likeness (QED) is 0.623. The molecule has 1 amide bonds. The zero-order valence-electron chi connectivity index (χ0n) is 17.3. The molecule has 1 N–H and O–H groups in total. The molecular weight excluding hydrogens is 382 g/mol.